The summed E-state index contributed by atoms with van der Waals surface area (Å²) in [6.45, 7) is 4.47. The third-order valence-corrected chi connectivity index (χ3v) is 4.92. The number of nitrogens with zero attached hydrogens (tertiary/aromatic N) is 1. The fourth-order valence-corrected chi connectivity index (χ4v) is 3.64. The molecule has 1 heterocycles. The topological polar surface area (TPSA) is 50.8 Å². The molecule has 0 amide bonds. The first-order chi connectivity index (χ1) is 13.5. The Hall–Kier alpha value is -2.70. The van der Waals surface area contributed by atoms with Crippen LogP contribution in [-0.4, -0.2) is 31.4 Å². The number of methoxy groups -OCH3 is 1. The minimum absolute atomic E-state index is 0.197. The van der Waals surface area contributed by atoms with Gasteiger partial charge < -0.3 is 14.8 Å². The van der Waals surface area contributed by atoms with Gasteiger partial charge in [-0.2, -0.15) is 0 Å². The molecule has 0 aliphatic carbocycles. The maximum atomic E-state index is 13.0. The monoisotopic (exact) mass is 396 g/mol. The minimum Gasteiger partial charge on any atom is -0.460 e. The van der Waals surface area contributed by atoms with E-state index < -0.39 is 0 Å². The van der Waals surface area contributed by atoms with Gasteiger partial charge in [0, 0.05) is 18.5 Å². The number of carbonyl (C=O) groups is 1. The molecule has 2 aromatic carbocycles. The average molecular weight is 397 g/mol. The molecule has 146 valence electrons. The molecule has 0 bridgehead atoms. The van der Waals surface area contributed by atoms with Crippen molar-refractivity contribution in [3.05, 3.63) is 77.0 Å². The molecule has 0 aromatic heterocycles. The molecular formula is C22H24N2O3S. The molecule has 1 atom stereocenters. The van der Waals surface area contributed by atoms with E-state index in [0.29, 0.717) is 17.3 Å². The van der Waals surface area contributed by atoms with Gasteiger partial charge >= 0.3 is 5.97 Å². The van der Waals surface area contributed by atoms with Crippen molar-refractivity contribution in [1.29, 1.82) is 0 Å². The van der Waals surface area contributed by atoms with Crippen LogP contribution in [0.3, 0.4) is 0 Å². The van der Waals surface area contributed by atoms with E-state index in [2.05, 4.69) is 5.32 Å². The second kappa shape index (κ2) is 8.99. The molecule has 28 heavy (non-hydrogen) atoms. The quantitative estimate of drug-likeness (QED) is 0.454. The van der Waals surface area contributed by atoms with Crippen molar-refractivity contribution in [3.63, 3.8) is 0 Å². The average Bonchev–Trinajstić information content (AvgIpc) is 2.68. The predicted molar refractivity (Wildman–Crippen MR) is 114 cm³/mol. The van der Waals surface area contributed by atoms with Crippen LogP contribution in [0.4, 0.5) is 5.69 Å². The Morgan fingerprint density at radius 1 is 1.11 bits per heavy atom. The number of benzene rings is 2. The minimum atomic E-state index is -0.379. The zero-order valence-electron chi connectivity index (χ0n) is 16.3. The normalized spacial score (nSPS) is 16.8. The molecule has 0 saturated carbocycles. The van der Waals surface area contributed by atoms with Gasteiger partial charge in [-0.25, -0.2) is 4.79 Å². The number of hydrogen-bond donors (Lipinski definition) is 1. The number of rotatable bonds is 6. The van der Waals surface area contributed by atoms with Gasteiger partial charge in [-0.1, -0.05) is 42.5 Å². The Balaban J connectivity index is 2.06. The fourth-order valence-electron chi connectivity index (χ4n) is 3.28. The molecule has 6 heteroatoms. The van der Waals surface area contributed by atoms with Crippen LogP contribution in [0.1, 0.15) is 24.1 Å². The van der Waals surface area contributed by atoms with Crippen LogP contribution < -0.4 is 10.2 Å². The number of hydrogen-bond acceptors (Lipinski definition) is 4. The van der Waals surface area contributed by atoms with Crippen LogP contribution in [0.15, 0.2) is 65.9 Å². The highest BCUT2D eigenvalue weighted by Crippen LogP contribution is 2.34. The van der Waals surface area contributed by atoms with Crippen LogP contribution in [-0.2, 0) is 14.3 Å². The lowest BCUT2D eigenvalue weighted by atomic mass is 9.95. The Morgan fingerprint density at radius 2 is 1.86 bits per heavy atom. The van der Waals surface area contributed by atoms with Crippen molar-refractivity contribution < 1.29 is 14.3 Å². The lowest BCUT2D eigenvalue weighted by Gasteiger charge is -2.37. The second-order valence-corrected chi connectivity index (χ2v) is 6.98. The highest BCUT2D eigenvalue weighted by Gasteiger charge is 2.35. The largest absolute Gasteiger partial charge is 0.460 e. The Morgan fingerprint density at radius 3 is 2.54 bits per heavy atom. The summed E-state index contributed by atoms with van der Waals surface area (Å²) in [5.41, 5.74) is 4.26. The van der Waals surface area contributed by atoms with Crippen molar-refractivity contribution in [2.75, 3.05) is 25.2 Å². The summed E-state index contributed by atoms with van der Waals surface area (Å²) in [5, 5.41) is 3.87. The van der Waals surface area contributed by atoms with Gasteiger partial charge in [-0.05, 0) is 49.3 Å². The number of esters is 1. The molecule has 0 saturated heterocycles. The van der Waals surface area contributed by atoms with E-state index in [1.54, 1.807) is 7.11 Å². The molecule has 3 rings (SSSR count). The predicted octanol–water partition coefficient (Wildman–Crippen LogP) is 3.89. The van der Waals surface area contributed by atoms with E-state index in [1.807, 2.05) is 73.3 Å². The summed E-state index contributed by atoms with van der Waals surface area (Å²) in [4.78, 5) is 14.9. The van der Waals surface area contributed by atoms with Gasteiger partial charge in [0.05, 0.1) is 18.2 Å². The molecule has 0 radical (unpaired) electrons. The van der Waals surface area contributed by atoms with Crippen molar-refractivity contribution in [1.82, 2.24) is 5.32 Å². The van der Waals surface area contributed by atoms with Crippen molar-refractivity contribution in [2.45, 2.75) is 19.9 Å². The summed E-state index contributed by atoms with van der Waals surface area (Å²) < 4.78 is 10.5. The van der Waals surface area contributed by atoms with Gasteiger partial charge in [0.1, 0.15) is 6.61 Å². The fraction of sp³-hybridized carbons (Fsp3) is 0.273. The van der Waals surface area contributed by atoms with E-state index in [9.17, 15) is 4.79 Å². The van der Waals surface area contributed by atoms with Crippen LogP contribution >= 0.6 is 12.2 Å². The first kappa shape index (κ1) is 20.0. The molecule has 0 unspecified atom stereocenters. The Labute approximate surface area is 170 Å². The van der Waals surface area contributed by atoms with Crippen LogP contribution in [0.2, 0.25) is 0 Å². The molecule has 5 nitrogen and oxygen atoms in total. The lowest BCUT2D eigenvalue weighted by molar-refractivity contribution is -0.140. The number of carbonyl (C=O) groups excluding carboxylic acids is 1. The van der Waals surface area contributed by atoms with Crippen LogP contribution in [0.25, 0.3) is 0 Å². The first-order valence-electron chi connectivity index (χ1n) is 9.12. The van der Waals surface area contributed by atoms with Crippen molar-refractivity contribution in [3.8, 4) is 0 Å². The third-order valence-electron chi connectivity index (χ3n) is 4.62. The van der Waals surface area contributed by atoms with Gasteiger partial charge in [-0.3, -0.25) is 4.90 Å². The number of aryl methyl sites for hydroxylation is 1. The molecule has 0 spiro atoms. The smallest absolute Gasteiger partial charge is 0.338 e. The van der Waals surface area contributed by atoms with E-state index >= 15 is 0 Å². The Kier molecular flexibility index (Phi) is 6.44. The molecule has 2 aromatic rings. The summed E-state index contributed by atoms with van der Waals surface area (Å²) in [6, 6.07) is 17.4. The summed E-state index contributed by atoms with van der Waals surface area (Å²) in [7, 11) is 1.57. The molecule has 1 N–H and O–H groups in total. The molecule has 1 aliphatic rings. The lowest BCUT2D eigenvalue weighted by Crippen LogP contribution is -2.48. The molecular weight excluding hydrogens is 372 g/mol. The maximum Gasteiger partial charge on any atom is 0.338 e. The first-order valence-corrected chi connectivity index (χ1v) is 9.53. The Bertz CT molecular complexity index is 896. The number of anilines is 1. The number of nitrogens with one attached hydrogen (secondary N) is 1. The molecule has 1 aliphatic heterocycles. The van der Waals surface area contributed by atoms with E-state index in [-0.39, 0.29) is 18.6 Å². The summed E-state index contributed by atoms with van der Waals surface area (Å²) in [5.74, 6) is -0.379. The maximum absolute atomic E-state index is 13.0. The third kappa shape index (κ3) is 4.24. The van der Waals surface area contributed by atoms with E-state index in [0.717, 1.165) is 22.5 Å². The number of thiocarbonyl (C=S) groups is 1. The summed E-state index contributed by atoms with van der Waals surface area (Å²) in [6.07, 6.45) is 0. The van der Waals surface area contributed by atoms with Gasteiger partial charge in [0.2, 0.25) is 0 Å². The zero-order chi connectivity index (χ0) is 20.1. The highest BCUT2D eigenvalue weighted by molar-refractivity contribution is 7.80. The van der Waals surface area contributed by atoms with Gasteiger partial charge in [0.25, 0.3) is 0 Å². The van der Waals surface area contributed by atoms with Gasteiger partial charge in [0.15, 0.2) is 5.11 Å². The number of ether oxygens (including phenoxy) is 2. The SMILES string of the molecule is COCCOC(=O)C1=C(C)N(c2cccc(C)c2)C(=S)N[C@H]1c1ccccc1. The van der Waals surface area contributed by atoms with E-state index in [4.69, 9.17) is 21.7 Å². The number of allylic oxidation sites excluding steroid dienone is 1. The van der Waals surface area contributed by atoms with Crippen LogP contribution in [0.5, 0.6) is 0 Å². The summed E-state index contributed by atoms with van der Waals surface area (Å²) >= 11 is 5.66. The second-order valence-electron chi connectivity index (χ2n) is 6.60. The van der Waals surface area contributed by atoms with Crippen molar-refractivity contribution in [2.24, 2.45) is 0 Å². The highest BCUT2D eigenvalue weighted by atomic mass is 32.1. The van der Waals surface area contributed by atoms with Gasteiger partial charge in [-0.15, -0.1) is 0 Å². The standard InChI is InChI=1S/C22H24N2O3S/c1-15-8-7-11-18(14-15)24-16(2)19(21(25)27-13-12-26-3)20(23-22(24)28)17-9-5-4-6-10-17/h4-11,14,20H,12-13H2,1-3H3,(H,23,28)/t20-/m0/s1. The molecule has 0 fully saturated rings. The van der Waals surface area contributed by atoms with Crippen molar-refractivity contribution >= 4 is 29.0 Å². The zero-order valence-corrected chi connectivity index (χ0v) is 17.1. The van der Waals surface area contributed by atoms with E-state index in [1.165, 1.54) is 0 Å². The van der Waals surface area contributed by atoms with Crippen LogP contribution in [0, 0.1) is 6.92 Å².